The monoisotopic (exact) mass is 278 g/mol. The highest BCUT2D eigenvalue weighted by Gasteiger charge is 2.11. The lowest BCUT2D eigenvalue weighted by Gasteiger charge is -2.00. The molecule has 3 aromatic rings. The van der Waals surface area contributed by atoms with Crippen molar-refractivity contribution >= 4 is 22.6 Å². The molecule has 19 heavy (non-hydrogen) atoms. The number of imidazole rings is 1. The van der Waals surface area contributed by atoms with Crippen LogP contribution in [0, 0.1) is 18.6 Å². The Morgan fingerprint density at radius 1 is 1.16 bits per heavy atom. The molecule has 0 radical (unpaired) electrons. The molecule has 0 saturated carbocycles. The van der Waals surface area contributed by atoms with Crippen molar-refractivity contribution in [2.45, 2.75) is 6.92 Å². The number of aromatic amines is 1. The molecular weight excluding hydrogens is 270 g/mol. The summed E-state index contributed by atoms with van der Waals surface area (Å²) in [4.78, 5) is 7.06. The Hall–Kier alpha value is -1.94. The summed E-state index contributed by atoms with van der Waals surface area (Å²) in [6.45, 7) is 1.87. The number of nitrogens with zero attached hydrogens (tertiary/aromatic N) is 1. The van der Waals surface area contributed by atoms with Crippen molar-refractivity contribution in [2.24, 2.45) is 0 Å². The van der Waals surface area contributed by atoms with Gasteiger partial charge in [-0.05, 0) is 36.8 Å². The van der Waals surface area contributed by atoms with Crippen molar-refractivity contribution in [2.75, 3.05) is 0 Å². The minimum Gasteiger partial charge on any atom is -0.338 e. The summed E-state index contributed by atoms with van der Waals surface area (Å²) in [5, 5.41) is 0.650. The fraction of sp³-hybridized carbons (Fsp3) is 0.0714. The van der Waals surface area contributed by atoms with Crippen LogP contribution in [0.3, 0.4) is 0 Å². The number of aromatic nitrogens is 2. The second kappa shape index (κ2) is 4.31. The molecule has 0 spiro atoms. The van der Waals surface area contributed by atoms with Crippen LogP contribution in [0.4, 0.5) is 8.78 Å². The number of H-pyrrole nitrogens is 1. The van der Waals surface area contributed by atoms with Gasteiger partial charge in [-0.15, -0.1) is 0 Å². The van der Waals surface area contributed by atoms with Crippen molar-refractivity contribution in [3.05, 3.63) is 52.6 Å². The zero-order valence-corrected chi connectivity index (χ0v) is 10.7. The van der Waals surface area contributed by atoms with Crippen LogP contribution in [-0.2, 0) is 0 Å². The Labute approximate surface area is 113 Å². The second-order valence-corrected chi connectivity index (χ2v) is 4.74. The fourth-order valence-electron chi connectivity index (χ4n) is 1.97. The summed E-state index contributed by atoms with van der Waals surface area (Å²) in [7, 11) is 0. The molecule has 2 nitrogen and oxygen atoms in total. The highest BCUT2D eigenvalue weighted by atomic mass is 35.5. The smallest absolute Gasteiger partial charge is 0.153 e. The molecule has 1 N–H and O–H groups in total. The zero-order chi connectivity index (χ0) is 13.6. The van der Waals surface area contributed by atoms with E-state index in [9.17, 15) is 8.78 Å². The maximum Gasteiger partial charge on any atom is 0.153 e. The van der Waals surface area contributed by atoms with Crippen molar-refractivity contribution in [1.29, 1.82) is 0 Å². The summed E-state index contributed by atoms with van der Waals surface area (Å²) in [6.07, 6.45) is 0. The Balaban J connectivity index is 2.20. The molecule has 1 heterocycles. The lowest BCUT2D eigenvalue weighted by atomic mass is 10.1. The SMILES string of the molecule is Cc1cc(-c2nc3c(F)cc(F)cc3[nH]2)ccc1Cl. The van der Waals surface area contributed by atoms with Crippen molar-refractivity contribution < 1.29 is 8.78 Å². The number of rotatable bonds is 1. The molecule has 0 saturated heterocycles. The van der Waals surface area contributed by atoms with Crippen LogP contribution in [0.15, 0.2) is 30.3 Å². The number of halogens is 3. The first kappa shape index (κ1) is 12.1. The second-order valence-electron chi connectivity index (χ2n) is 4.33. The van der Waals surface area contributed by atoms with Gasteiger partial charge in [-0.1, -0.05) is 11.6 Å². The summed E-state index contributed by atoms with van der Waals surface area (Å²) in [5.41, 5.74) is 2.13. The van der Waals surface area contributed by atoms with Gasteiger partial charge in [0.15, 0.2) is 5.82 Å². The van der Waals surface area contributed by atoms with E-state index in [0.717, 1.165) is 17.2 Å². The quantitative estimate of drug-likeness (QED) is 0.699. The van der Waals surface area contributed by atoms with Gasteiger partial charge in [-0.2, -0.15) is 0 Å². The molecule has 3 rings (SSSR count). The maximum atomic E-state index is 13.6. The highest BCUT2D eigenvalue weighted by Crippen LogP contribution is 2.26. The van der Waals surface area contributed by atoms with E-state index in [4.69, 9.17) is 11.6 Å². The molecule has 2 aromatic carbocycles. The van der Waals surface area contributed by atoms with Gasteiger partial charge in [0.05, 0.1) is 5.52 Å². The molecular formula is C14H9ClF2N2. The van der Waals surface area contributed by atoms with E-state index < -0.39 is 11.6 Å². The van der Waals surface area contributed by atoms with Gasteiger partial charge < -0.3 is 4.98 Å². The van der Waals surface area contributed by atoms with Crippen molar-refractivity contribution in [3.63, 3.8) is 0 Å². The molecule has 0 aliphatic carbocycles. The van der Waals surface area contributed by atoms with Gasteiger partial charge >= 0.3 is 0 Å². The van der Waals surface area contributed by atoms with E-state index in [1.165, 1.54) is 6.07 Å². The average molecular weight is 279 g/mol. The predicted octanol–water partition coefficient (Wildman–Crippen LogP) is 4.47. The standard InChI is InChI=1S/C14H9ClF2N2/c1-7-4-8(2-3-10(7)15)14-18-12-6-9(16)5-11(17)13(12)19-14/h2-6H,1H3,(H,18,19). The number of benzene rings is 2. The molecule has 0 atom stereocenters. The first-order valence-corrected chi connectivity index (χ1v) is 6.03. The van der Waals surface area contributed by atoms with Crippen molar-refractivity contribution in [1.82, 2.24) is 9.97 Å². The number of hydrogen-bond donors (Lipinski definition) is 1. The van der Waals surface area contributed by atoms with Gasteiger partial charge in [-0.3, -0.25) is 0 Å². The molecule has 1 aromatic heterocycles. The molecule has 0 bridgehead atoms. The van der Waals surface area contributed by atoms with Gasteiger partial charge in [0.25, 0.3) is 0 Å². The number of fused-ring (bicyclic) bond motifs is 1. The number of nitrogens with one attached hydrogen (secondary N) is 1. The fourth-order valence-corrected chi connectivity index (χ4v) is 2.09. The Kier molecular flexibility index (Phi) is 2.75. The third kappa shape index (κ3) is 2.08. The molecule has 0 aliphatic heterocycles. The topological polar surface area (TPSA) is 28.7 Å². The largest absolute Gasteiger partial charge is 0.338 e. The molecule has 96 valence electrons. The van der Waals surface area contributed by atoms with E-state index >= 15 is 0 Å². The molecule has 0 fully saturated rings. The van der Waals surface area contributed by atoms with Gasteiger partial charge in [0.2, 0.25) is 0 Å². The van der Waals surface area contributed by atoms with Crippen LogP contribution >= 0.6 is 11.6 Å². The Morgan fingerprint density at radius 2 is 1.95 bits per heavy atom. The minimum absolute atomic E-state index is 0.129. The van der Waals surface area contributed by atoms with E-state index in [1.807, 2.05) is 13.0 Å². The third-order valence-corrected chi connectivity index (χ3v) is 3.36. The lowest BCUT2D eigenvalue weighted by molar-refractivity contribution is 0.591. The third-order valence-electron chi connectivity index (χ3n) is 2.94. The Morgan fingerprint density at radius 3 is 2.68 bits per heavy atom. The first-order chi connectivity index (χ1) is 9.04. The molecule has 0 amide bonds. The van der Waals surface area contributed by atoms with Gasteiger partial charge in [0, 0.05) is 16.7 Å². The molecule has 0 aliphatic rings. The van der Waals surface area contributed by atoms with Crippen LogP contribution in [0.1, 0.15) is 5.56 Å². The molecule has 5 heteroatoms. The normalized spacial score (nSPS) is 11.2. The lowest BCUT2D eigenvalue weighted by Crippen LogP contribution is -1.83. The van der Waals surface area contributed by atoms with Crippen LogP contribution in [0.25, 0.3) is 22.4 Å². The van der Waals surface area contributed by atoms with Crippen LogP contribution in [0.2, 0.25) is 5.02 Å². The maximum absolute atomic E-state index is 13.6. The first-order valence-electron chi connectivity index (χ1n) is 5.66. The summed E-state index contributed by atoms with van der Waals surface area (Å²) >= 11 is 5.95. The zero-order valence-electron chi connectivity index (χ0n) is 9.97. The number of aryl methyl sites for hydroxylation is 1. The van der Waals surface area contributed by atoms with E-state index in [2.05, 4.69) is 9.97 Å². The summed E-state index contributed by atoms with van der Waals surface area (Å²) in [5.74, 6) is -0.824. The van der Waals surface area contributed by atoms with E-state index in [1.54, 1.807) is 12.1 Å². The minimum atomic E-state index is -0.678. The summed E-state index contributed by atoms with van der Waals surface area (Å²) < 4.78 is 26.7. The predicted molar refractivity (Wildman–Crippen MR) is 71.2 cm³/mol. The Bertz CT molecular complexity index is 780. The van der Waals surface area contributed by atoms with E-state index in [-0.39, 0.29) is 5.52 Å². The summed E-state index contributed by atoms with van der Waals surface area (Å²) in [6, 6.07) is 7.41. The van der Waals surface area contributed by atoms with Crippen molar-refractivity contribution in [3.8, 4) is 11.4 Å². The molecule has 0 unspecified atom stereocenters. The van der Waals surface area contributed by atoms with Crippen LogP contribution < -0.4 is 0 Å². The van der Waals surface area contributed by atoms with Crippen LogP contribution in [0.5, 0.6) is 0 Å². The average Bonchev–Trinajstić information content (AvgIpc) is 2.76. The van der Waals surface area contributed by atoms with E-state index in [0.29, 0.717) is 16.4 Å². The van der Waals surface area contributed by atoms with Crippen LogP contribution in [-0.4, -0.2) is 9.97 Å². The van der Waals surface area contributed by atoms with Gasteiger partial charge in [0.1, 0.15) is 17.2 Å². The number of hydrogen-bond acceptors (Lipinski definition) is 1. The van der Waals surface area contributed by atoms with Gasteiger partial charge in [-0.25, -0.2) is 13.8 Å². The highest BCUT2D eigenvalue weighted by molar-refractivity contribution is 6.31.